The maximum absolute atomic E-state index is 10.8. The van der Waals surface area contributed by atoms with Gasteiger partial charge < -0.3 is 4.79 Å². The van der Waals surface area contributed by atoms with Crippen molar-refractivity contribution in [1.82, 2.24) is 4.90 Å². The Morgan fingerprint density at radius 2 is 2.14 bits per heavy atom. The molecule has 0 N–H and O–H groups in total. The van der Waals surface area contributed by atoms with E-state index >= 15 is 0 Å². The lowest BCUT2D eigenvalue weighted by Crippen LogP contribution is -2.15. The molecule has 1 fully saturated rings. The molecule has 0 amide bonds. The number of alkyl halides is 1. The van der Waals surface area contributed by atoms with Gasteiger partial charge in [-0.15, -0.1) is 0 Å². The van der Waals surface area contributed by atoms with Crippen LogP contribution in [0.5, 0.6) is 0 Å². The van der Waals surface area contributed by atoms with Crippen molar-refractivity contribution in [3.63, 3.8) is 0 Å². The van der Waals surface area contributed by atoms with Crippen LogP contribution in [0.4, 0.5) is 0 Å². The van der Waals surface area contributed by atoms with Gasteiger partial charge in [0.15, 0.2) is 6.29 Å². The summed E-state index contributed by atoms with van der Waals surface area (Å²) in [6, 6.07) is 10.6. The summed E-state index contributed by atoms with van der Waals surface area (Å²) in [4.78, 5) is 13.0. The van der Waals surface area contributed by atoms with Crippen molar-refractivity contribution in [2.45, 2.75) is 16.5 Å². The smallest absolute Gasteiger partial charge is 0.151 e. The molecular weight excluding hydrogens is 289 g/mol. The Morgan fingerprint density at radius 3 is 2.64 bits per heavy atom. The molecule has 0 aliphatic carbocycles. The van der Waals surface area contributed by atoms with E-state index in [1.54, 1.807) is 0 Å². The Kier molecular flexibility index (Phi) is 2.62. The molecule has 0 spiro atoms. The molecule has 0 radical (unpaired) electrons. The highest BCUT2D eigenvalue weighted by Gasteiger charge is 2.52. The second-order valence-corrected chi connectivity index (χ2v) is 5.52. The molecule has 2 unspecified atom stereocenters. The lowest BCUT2D eigenvalue weighted by Gasteiger charge is -2.14. The van der Waals surface area contributed by atoms with Gasteiger partial charge in [0.25, 0.3) is 0 Å². The van der Waals surface area contributed by atoms with Gasteiger partial charge in [-0.3, -0.25) is 4.90 Å². The molecule has 2 nitrogen and oxygen atoms in total. The zero-order chi connectivity index (χ0) is 10.2. The Bertz CT molecular complexity index is 340. The fraction of sp³-hybridized carbons (Fsp3) is 0.364. The van der Waals surface area contributed by atoms with E-state index in [9.17, 15) is 4.79 Å². The van der Waals surface area contributed by atoms with Gasteiger partial charge in [0, 0.05) is 12.6 Å². The molecule has 14 heavy (non-hydrogen) atoms. The molecule has 2 rings (SSSR count). The van der Waals surface area contributed by atoms with Gasteiger partial charge in [-0.1, -0.05) is 52.9 Å². The van der Waals surface area contributed by atoms with E-state index in [2.05, 4.69) is 46.5 Å². The minimum absolute atomic E-state index is 0.243. The van der Waals surface area contributed by atoms with Crippen LogP contribution in [0.25, 0.3) is 0 Å². The summed E-state index contributed by atoms with van der Waals surface area (Å²) < 4.78 is -0.243. The lowest BCUT2D eigenvalue weighted by molar-refractivity contribution is -0.108. The number of rotatable bonds is 3. The minimum Gasteiger partial charge on any atom is -0.300 e. The van der Waals surface area contributed by atoms with Crippen molar-refractivity contribution in [3.05, 3.63) is 35.9 Å². The molecule has 3 heteroatoms. The summed E-state index contributed by atoms with van der Waals surface area (Å²) in [6.45, 7) is 3.01. The third kappa shape index (κ3) is 1.70. The van der Waals surface area contributed by atoms with Crippen LogP contribution in [-0.4, -0.2) is 21.3 Å². The monoisotopic (exact) mass is 301 g/mol. The molecule has 0 saturated carbocycles. The summed E-state index contributed by atoms with van der Waals surface area (Å²) >= 11 is 2.21. The molecule has 1 heterocycles. The summed E-state index contributed by atoms with van der Waals surface area (Å²) in [5.74, 6) is 0. The third-order valence-corrected chi connectivity index (χ3v) is 3.91. The highest BCUT2D eigenvalue weighted by atomic mass is 127. The predicted octanol–water partition coefficient (Wildman–Crippen LogP) is 2.39. The van der Waals surface area contributed by atoms with E-state index in [0.29, 0.717) is 6.04 Å². The first kappa shape index (κ1) is 10.1. The predicted molar refractivity (Wildman–Crippen MR) is 64.4 cm³/mol. The quantitative estimate of drug-likeness (QED) is 0.281. The topological polar surface area (TPSA) is 20.1 Å². The van der Waals surface area contributed by atoms with E-state index in [4.69, 9.17) is 0 Å². The third-order valence-electron chi connectivity index (χ3n) is 2.70. The number of nitrogens with zero attached hydrogens (tertiary/aromatic N) is 1. The van der Waals surface area contributed by atoms with E-state index in [1.807, 2.05) is 18.2 Å². The fourth-order valence-electron chi connectivity index (χ4n) is 1.68. The van der Waals surface area contributed by atoms with Gasteiger partial charge in [-0.05, 0) is 12.5 Å². The second-order valence-electron chi connectivity index (χ2n) is 3.65. The van der Waals surface area contributed by atoms with Gasteiger partial charge in [-0.25, -0.2) is 0 Å². The van der Waals surface area contributed by atoms with Crippen LogP contribution < -0.4 is 0 Å². The van der Waals surface area contributed by atoms with Gasteiger partial charge in [-0.2, -0.15) is 0 Å². The Hall–Kier alpha value is -0.420. The molecule has 0 aromatic heterocycles. The number of hydrogen-bond acceptors (Lipinski definition) is 2. The van der Waals surface area contributed by atoms with Crippen LogP contribution in [0.15, 0.2) is 30.3 Å². The van der Waals surface area contributed by atoms with Crippen molar-refractivity contribution in [2.75, 3.05) is 6.54 Å². The number of hydrogen-bond donors (Lipinski definition) is 0. The van der Waals surface area contributed by atoms with Gasteiger partial charge in [0.1, 0.15) is 3.55 Å². The molecule has 1 saturated heterocycles. The van der Waals surface area contributed by atoms with Crippen molar-refractivity contribution < 1.29 is 4.79 Å². The number of carbonyl (C=O) groups excluding carboxylic acids is 1. The summed E-state index contributed by atoms with van der Waals surface area (Å²) in [5, 5.41) is 0. The fourth-order valence-corrected chi connectivity index (χ4v) is 2.46. The molecule has 0 bridgehead atoms. The second kappa shape index (κ2) is 3.62. The SMILES string of the molecule is C[C@@H](c1ccccc1)N1CC1(I)C=O. The van der Waals surface area contributed by atoms with E-state index < -0.39 is 0 Å². The van der Waals surface area contributed by atoms with Gasteiger partial charge >= 0.3 is 0 Å². The van der Waals surface area contributed by atoms with Crippen LogP contribution >= 0.6 is 22.6 Å². The molecule has 74 valence electrons. The number of benzene rings is 1. The minimum atomic E-state index is -0.243. The van der Waals surface area contributed by atoms with E-state index in [-0.39, 0.29) is 3.55 Å². The summed E-state index contributed by atoms with van der Waals surface area (Å²) in [5.41, 5.74) is 1.27. The molecule has 1 aromatic rings. The van der Waals surface area contributed by atoms with Gasteiger partial charge in [0.05, 0.1) is 0 Å². The largest absolute Gasteiger partial charge is 0.300 e. The molecule has 1 aliphatic heterocycles. The highest BCUT2D eigenvalue weighted by molar-refractivity contribution is 14.1. The first-order chi connectivity index (χ1) is 6.67. The van der Waals surface area contributed by atoms with E-state index in [1.165, 1.54) is 5.56 Å². The van der Waals surface area contributed by atoms with Crippen LogP contribution in [0.2, 0.25) is 0 Å². The average Bonchev–Trinajstić information content (AvgIpc) is 2.92. The number of carbonyl (C=O) groups is 1. The first-order valence-corrected chi connectivity index (χ1v) is 5.72. The number of aldehydes is 1. The average molecular weight is 301 g/mol. The van der Waals surface area contributed by atoms with E-state index in [0.717, 1.165) is 12.8 Å². The zero-order valence-corrected chi connectivity index (χ0v) is 10.1. The lowest BCUT2D eigenvalue weighted by atomic mass is 10.1. The maximum Gasteiger partial charge on any atom is 0.151 e. The standard InChI is InChI=1S/C11H12INO/c1-9(10-5-3-2-4-6-10)13-7-11(13,12)8-14/h2-6,8-9H,7H2,1H3/t9-,11?,13?/m0/s1. The molecule has 1 aromatic carbocycles. The summed E-state index contributed by atoms with van der Waals surface area (Å²) in [7, 11) is 0. The van der Waals surface area contributed by atoms with Crippen LogP contribution in [0, 0.1) is 0 Å². The Morgan fingerprint density at radius 1 is 1.50 bits per heavy atom. The Labute approximate surface area is 97.4 Å². The van der Waals surface area contributed by atoms with Crippen LogP contribution in [0.1, 0.15) is 18.5 Å². The summed E-state index contributed by atoms with van der Waals surface area (Å²) in [6.07, 6.45) is 1.03. The molecule has 1 aliphatic rings. The molecule has 3 atom stereocenters. The maximum atomic E-state index is 10.8. The normalized spacial score (nSPS) is 32.3. The first-order valence-electron chi connectivity index (χ1n) is 4.64. The van der Waals surface area contributed by atoms with Crippen molar-refractivity contribution in [2.24, 2.45) is 0 Å². The van der Waals surface area contributed by atoms with Crippen LogP contribution in [0.3, 0.4) is 0 Å². The highest BCUT2D eigenvalue weighted by Crippen LogP contribution is 2.44. The van der Waals surface area contributed by atoms with Crippen LogP contribution in [-0.2, 0) is 4.79 Å². The Balaban J connectivity index is 2.12. The van der Waals surface area contributed by atoms with Gasteiger partial charge in [0.2, 0.25) is 0 Å². The van der Waals surface area contributed by atoms with Crippen molar-refractivity contribution in [1.29, 1.82) is 0 Å². The molecular formula is C11H12INO. The number of halogens is 1. The zero-order valence-electron chi connectivity index (χ0n) is 7.98. The van der Waals surface area contributed by atoms with Crippen molar-refractivity contribution in [3.8, 4) is 0 Å². The van der Waals surface area contributed by atoms with Crippen molar-refractivity contribution >= 4 is 28.9 Å².